The van der Waals surface area contributed by atoms with Crippen LogP contribution in [0, 0.1) is 0 Å². The molecule has 1 N–H and O–H groups in total. The highest BCUT2D eigenvalue weighted by molar-refractivity contribution is 9.10. The number of thioether (sulfide) groups is 1. The first-order valence-electron chi connectivity index (χ1n) is 5.68. The van der Waals surface area contributed by atoms with Crippen molar-refractivity contribution in [3.8, 4) is 0 Å². The number of hydrogen-bond acceptors (Lipinski definition) is 2. The second-order valence-electron chi connectivity index (χ2n) is 3.92. The molecule has 0 bridgehead atoms. The van der Waals surface area contributed by atoms with Crippen LogP contribution in [0.2, 0.25) is 10.0 Å². The number of benzene rings is 2. The lowest BCUT2D eigenvalue weighted by Crippen LogP contribution is -2.13. The Morgan fingerprint density at radius 2 is 1.85 bits per heavy atom. The van der Waals surface area contributed by atoms with Crippen molar-refractivity contribution in [1.82, 2.24) is 0 Å². The Morgan fingerprint density at radius 3 is 2.50 bits per heavy atom. The van der Waals surface area contributed by atoms with Gasteiger partial charge in [-0.05, 0) is 42.5 Å². The maximum Gasteiger partial charge on any atom is 0.234 e. The van der Waals surface area contributed by atoms with E-state index >= 15 is 0 Å². The van der Waals surface area contributed by atoms with Crippen LogP contribution in [0.5, 0.6) is 0 Å². The Kier molecular flexibility index (Phi) is 5.78. The molecule has 0 fully saturated rings. The summed E-state index contributed by atoms with van der Waals surface area (Å²) < 4.78 is 0.970. The van der Waals surface area contributed by atoms with Gasteiger partial charge in [0.15, 0.2) is 0 Å². The molecule has 0 spiro atoms. The number of anilines is 1. The molecule has 1 amide bonds. The van der Waals surface area contributed by atoms with Crippen molar-refractivity contribution in [1.29, 1.82) is 0 Å². The normalized spacial score (nSPS) is 10.3. The van der Waals surface area contributed by atoms with E-state index in [0.717, 1.165) is 15.1 Å². The molecule has 2 aromatic carbocycles. The SMILES string of the molecule is O=C(CSc1ccc(Cl)cc1Cl)Nc1ccc(Br)cc1. The molecule has 2 nitrogen and oxygen atoms in total. The summed E-state index contributed by atoms with van der Waals surface area (Å²) in [4.78, 5) is 12.7. The number of nitrogens with one attached hydrogen (secondary N) is 1. The molecule has 0 heterocycles. The number of carbonyl (C=O) groups is 1. The third-order valence-corrected chi connectivity index (χ3v) is 4.64. The van der Waals surface area contributed by atoms with E-state index in [1.165, 1.54) is 11.8 Å². The molecule has 2 aromatic rings. The van der Waals surface area contributed by atoms with E-state index in [1.54, 1.807) is 12.1 Å². The van der Waals surface area contributed by atoms with Crippen molar-refractivity contribution in [2.75, 3.05) is 11.1 Å². The minimum absolute atomic E-state index is 0.0802. The van der Waals surface area contributed by atoms with Crippen LogP contribution in [-0.2, 0) is 4.79 Å². The second kappa shape index (κ2) is 7.36. The number of rotatable bonds is 4. The first-order valence-corrected chi connectivity index (χ1v) is 8.21. The van der Waals surface area contributed by atoms with Crippen molar-refractivity contribution in [3.05, 3.63) is 57.0 Å². The van der Waals surface area contributed by atoms with Crippen molar-refractivity contribution in [2.24, 2.45) is 0 Å². The Bertz CT molecular complexity index is 619. The van der Waals surface area contributed by atoms with Gasteiger partial charge >= 0.3 is 0 Å². The summed E-state index contributed by atoms with van der Waals surface area (Å²) in [6.45, 7) is 0. The van der Waals surface area contributed by atoms with Crippen LogP contribution < -0.4 is 5.32 Å². The topological polar surface area (TPSA) is 29.1 Å². The molecule has 104 valence electrons. The van der Waals surface area contributed by atoms with E-state index in [4.69, 9.17) is 23.2 Å². The Morgan fingerprint density at radius 1 is 1.15 bits per heavy atom. The monoisotopic (exact) mass is 389 g/mol. The van der Waals surface area contributed by atoms with Gasteiger partial charge in [-0.25, -0.2) is 0 Å². The van der Waals surface area contributed by atoms with Gasteiger partial charge in [-0.3, -0.25) is 4.79 Å². The standard InChI is InChI=1S/C14H10BrCl2NOS/c15-9-1-4-11(5-2-9)18-14(19)8-20-13-6-3-10(16)7-12(13)17/h1-7H,8H2,(H,18,19). The predicted molar refractivity (Wildman–Crippen MR) is 90.0 cm³/mol. The number of carbonyl (C=O) groups excluding carboxylic acids is 1. The lowest BCUT2D eigenvalue weighted by molar-refractivity contribution is -0.113. The van der Waals surface area contributed by atoms with Gasteiger partial charge in [0.2, 0.25) is 5.91 Å². The second-order valence-corrected chi connectivity index (χ2v) is 6.69. The Hall–Kier alpha value is -0.680. The number of amides is 1. The zero-order chi connectivity index (χ0) is 14.5. The highest BCUT2D eigenvalue weighted by Crippen LogP contribution is 2.29. The molecule has 0 aliphatic carbocycles. The molecular weight excluding hydrogens is 381 g/mol. The van der Waals surface area contributed by atoms with Crippen LogP contribution in [-0.4, -0.2) is 11.7 Å². The molecular formula is C14H10BrCl2NOS. The fourth-order valence-corrected chi connectivity index (χ4v) is 3.02. The van der Waals surface area contributed by atoms with Gasteiger partial charge in [-0.15, -0.1) is 11.8 Å². The van der Waals surface area contributed by atoms with Crippen LogP contribution in [0.3, 0.4) is 0 Å². The molecule has 0 aliphatic rings. The van der Waals surface area contributed by atoms with E-state index < -0.39 is 0 Å². The van der Waals surface area contributed by atoms with E-state index in [-0.39, 0.29) is 11.7 Å². The molecule has 6 heteroatoms. The average molecular weight is 391 g/mol. The third-order valence-electron chi connectivity index (χ3n) is 2.38. The molecule has 0 saturated heterocycles. The molecule has 20 heavy (non-hydrogen) atoms. The van der Waals surface area contributed by atoms with Gasteiger partial charge in [-0.2, -0.15) is 0 Å². The van der Waals surface area contributed by atoms with Gasteiger partial charge in [0, 0.05) is 20.1 Å². The van der Waals surface area contributed by atoms with Crippen LogP contribution in [0.1, 0.15) is 0 Å². The minimum Gasteiger partial charge on any atom is -0.325 e. The lowest BCUT2D eigenvalue weighted by Gasteiger charge is -2.06. The Labute approximate surface area is 140 Å². The van der Waals surface area contributed by atoms with Crippen LogP contribution in [0.4, 0.5) is 5.69 Å². The Balaban J connectivity index is 1.90. The van der Waals surface area contributed by atoms with E-state index in [2.05, 4.69) is 21.2 Å². The van der Waals surface area contributed by atoms with Crippen LogP contribution in [0.15, 0.2) is 51.8 Å². The summed E-state index contributed by atoms with van der Waals surface area (Å²) >= 11 is 16.6. The molecule has 0 saturated carbocycles. The van der Waals surface area contributed by atoms with Gasteiger partial charge < -0.3 is 5.32 Å². The van der Waals surface area contributed by atoms with Crippen LogP contribution in [0.25, 0.3) is 0 Å². The first-order chi connectivity index (χ1) is 9.54. The summed E-state index contributed by atoms with van der Waals surface area (Å²) in [6.07, 6.45) is 0. The average Bonchev–Trinajstić information content (AvgIpc) is 2.40. The molecule has 0 aromatic heterocycles. The molecule has 0 aliphatic heterocycles. The number of hydrogen-bond donors (Lipinski definition) is 1. The smallest absolute Gasteiger partial charge is 0.234 e. The molecule has 0 unspecified atom stereocenters. The van der Waals surface area contributed by atoms with Crippen molar-refractivity contribution < 1.29 is 4.79 Å². The van der Waals surface area contributed by atoms with Crippen LogP contribution >= 0.6 is 50.9 Å². The highest BCUT2D eigenvalue weighted by atomic mass is 79.9. The fourth-order valence-electron chi connectivity index (χ4n) is 1.47. The maximum atomic E-state index is 11.8. The summed E-state index contributed by atoms with van der Waals surface area (Å²) in [5.41, 5.74) is 0.765. The summed E-state index contributed by atoms with van der Waals surface area (Å²) in [6, 6.07) is 12.6. The summed E-state index contributed by atoms with van der Waals surface area (Å²) in [5.74, 6) is 0.209. The van der Waals surface area contributed by atoms with Crippen molar-refractivity contribution >= 4 is 62.5 Å². The minimum atomic E-state index is -0.0802. The fraction of sp³-hybridized carbons (Fsp3) is 0.0714. The van der Waals surface area contributed by atoms with Gasteiger partial charge in [-0.1, -0.05) is 39.1 Å². The van der Waals surface area contributed by atoms with Crippen molar-refractivity contribution in [3.63, 3.8) is 0 Å². The molecule has 2 rings (SSSR count). The third kappa shape index (κ3) is 4.70. The predicted octanol–water partition coefficient (Wildman–Crippen LogP) is 5.49. The maximum absolute atomic E-state index is 11.8. The largest absolute Gasteiger partial charge is 0.325 e. The van der Waals surface area contributed by atoms with Gasteiger partial charge in [0.1, 0.15) is 0 Å². The molecule has 0 atom stereocenters. The number of halogens is 3. The van der Waals surface area contributed by atoms with Crippen molar-refractivity contribution in [2.45, 2.75) is 4.90 Å². The van der Waals surface area contributed by atoms with Gasteiger partial charge in [0.05, 0.1) is 10.8 Å². The summed E-state index contributed by atoms with van der Waals surface area (Å²) in [7, 11) is 0. The van der Waals surface area contributed by atoms with E-state index in [1.807, 2.05) is 30.3 Å². The zero-order valence-corrected chi connectivity index (χ0v) is 14.1. The molecule has 0 radical (unpaired) electrons. The quantitative estimate of drug-likeness (QED) is 0.699. The summed E-state index contributed by atoms with van der Waals surface area (Å²) in [5, 5.41) is 3.96. The highest BCUT2D eigenvalue weighted by Gasteiger charge is 2.07. The van der Waals surface area contributed by atoms with Gasteiger partial charge in [0.25, 0.3) is 0 Å². The lowest BCUT2D eigenvalue weighted by atomic mass is 10.3. The van der Waals surface area contributed by atoms with E-state index in [9.17, 15) is 4.79 Å². The van der Waals surface area contributed by atoms with E-state index in [0.29, 0.717) is 10.0 Å². The first kappa shape index (κ1) is 15.7. The zero-order valence-electron chi connectivity index (χ0n) is 10.2.